The molecule has 2 aliphatic rings. The van der Waals surface area contributed by atoms with E-state index in [9.17, 15) is 14.7 Å². The van der Waals surface area contributed by atoms with Crippen molar-refractivity contribution in [2.75, 3.05) is 0 Å². The molecule has 0 heterocycles. The summed E-state index contributed by atoms with van der Waals surface area (Å²) in [6.07, 6.45) is 9.29. The van der Waals surface area contributed by atoms with E-state index >= 15 is 0 Å². The maximum Gasteiger partial charge on any atom is 0.223 e. The van der Waals surface area contributed by atoms with E-state index in [1.165, 1.54) is 0 Å². The summed E-state index contributed by atoms with van der Waals surface area (Å²) in [6, 6.07) is -0.162. The Morgan fingerprint density at radius 2 is 1.67 bits per heavy atom. The van der Waals surface area contributed by atoms with Crippen LogP contribution in [0.15, 0.2) is 0 Å². The van der Waals surface area contributed by atoms with Gasteiger partial charge in [-0.25, -0.2) is 0 Å². The van der Waals surface area contributed by atoms with E-state index in [0.29, 0.717) is 12.8 Å². The van der Waals surface area contributed by atoms with Crippen LogP contribution < -0.4 is 11.1 Å². The molecule has 2 unspecified atom stereocenters. The van der Waals surface area contributed by atoms with Crippen molar-refractivity contribution >= 4 is 11.8 Å². The SMILES string of the molecule is NC(=O)C1CCCCCC1NC(=O)CC1(O)CCCCC1. The third-order valence-electron chi connectivity index (χ3n) is 5.00. The first-order valence-electron chi connectivity index (χ1n) is 8.31. The largest absolute Gasteiger partial charge is 0.389 e. The van der Waals surface area contributed by atoms with Crippen molar-refractivity contribution in [3.05, 3.63) is 0 Å². The highest BCUT2D eigenvalue weighted by Crippen LogP contribution is 2.31. The molecule has 0 aromatic carbocycles. The van der Waals surface area contributed by atoms with Crippen LogP contribution in [0.1, 0.15) is 70.6 Å². The van der Waals surface area contributed by atoms with Crippen molar-refractivity contribution in [3.8, 4) is 0 Å². The zero-order chi connectivity index (χ0) is 15.3. The van der Waals surface area contributed by atoms with E-state index in [1.54, 1.807) is 0 Å². The number of hydrogen-bond acceptors (Lipinski definition) is 3. The van der Waals surface area contributed by atoms with Crippen LogP contribution in [0.3, 0.4) is 0 Å². The van der Waals surface area contributed by atoms with Gasteiger partial charge in [-0.2, -0.15) is 0 Å². The molecule has 2 fully saturated rings. The molecule has 0 radical (unpaired) electrons. The molecule has 2 aliphatic carbocycles. The van der Waals surface area contributed by atoms with Gasteiger partial charge in [0.05, 0.1) is 17.9 Å². The molecule has 0 aliphatic heterocycles. The Morgan fingerprint density at radius 3 is 2.33 bits per heavy atom. The molecule has 21 heavy (non-hydrogen) atoms. The summed E-state index contributed by atoms with van der Waals surface area (Å²) in [5.74, 6) is -0.728. The lowest BCUT2D eigenvalue weighted by Gasteiger charge is -2.32. The van der Waals surface area contributed by atoms with Crippen molar-refractivity contribution in [2.24, 2.45) is 11.7 Å². The summed E-state index contributed by atoms with van der Waals surface area (Å²) in [4.78, 5) is 23.8. The molecule has 0 aromatic heterocycles. The number of carbonyl (C=O) groups excluding carboxylic acids is 2. The second-order valence-electron chi connectivity index (χ2n) is 6.78. The van der Waals surface area contributed by atoms with Crippen molar-refractivity contribution in [1.82, 2.24) is 5.32 Å². The Kier molecular flexibility index (Phi) is 5.62. The molecule has 0 bridgehead atoms. The van der Waals surface area contributed by atoms with Gasteiger partial charge < -0.3 is 16.2 Å². The normalized spacial score (nSPS) is 29.4. The second kappa shape index (κ2) is 7.25. The number of aliphatic hydroxyl groups is 1. The quantitative estimate of drug-likeness (QED) is 0.688. The summed E-state index contributed by atoms with van der Waals surface area (Å²) < 4.78 is 0. The van der Waals surface area contributed by atoms with Crippen LogP contribution in [0.5, 0.6) is 0 Å². The monoisotopic (exact) mass is 296 g/mol. The van der Waals surface area contributed by atoms with Crippen LogP contribution in [0, 0.1) is 5.92 Å². The molecule has 0 saturated heterocycles. The van der Waals surface area contributed by atoms with Crippen LogP contribution in [-0.2, 0) is 9.59 Å². The van der Waals surface area contributed by atoms with E-state index in [-0.39, 0.29) is 30.2 Å². The first kappa shape index (κ1) is 16.3. The topological polar surface area (TPSA) is 92.4 Å². The zero-order valence-electron chi connectivity index (χ0n) is 12.8. The number of nitrogens with two attached hydrogens (primary N) is 1. The molecular weight excluding hydrogens is 268 g/mol. The van der Waals surface area contributed by atoms with E-state index in [4.69, 9.17) is 5.73 Å². The predicted octanol–water partition coefficient (Wildman–Crippen LogP) is 1.62. The average Bonchev–Trinajstić information content (AvgIpc) is 2.64. The van der Waals surface area contributed by atoms with Gasteiger partial charge in [0.25, 0.3) is 0 Å². The third kappa shape index (κ3) is 4.70. The lowest BCUT2D eigenvalue weighted by molar-refractivity contribution is -0.129. The highest BCUT2D eigenvalue weighted by molar-refractivity contribution is 5.81. The lowest BCUT2D eigenvalue weighted by atomic mass is 9.82. The van der Waals surface area contributed by atoms with Gasteiger partial charge in [-0.15, -0.1) is 0 Å². The van der Waals surface area contributed by atoms with Gasteiger partial charge in [0.2, 0.25) is 11.8 Å². The first-order chi connectivity index (χ1) is 10.0. The highest BCUT2D eigenvalue weighted by atomic mass is 16.3. The molecular formula is C16H28N2O3. The molecule has 0 aromatic rings. The van der Waals surface area contributed by atoms with Crippen molar-refractivity contribution in [2.45, 2.75) is 82.3 Å². The fraction of sp³-hybridized carbons (Fsp3) is 0.875. The Labute approximate surface area is 126 Å². The molecule has 5 heteroatoms. The number of amides is 2. The Morgan fingerprint density at radius 1 is 1.05 bits per heavy atom. The molecule has 2 amide bonds. The number of carbonyl (C=O) groups is 2. The van der Waals surface area contributed by atoms with Gasteiger partial charge in [-0.05, 0) is 25.7 Å². The zero-order valence-corrected chi connectivity index (χ0v) is 12.8. The van der Waals surface area contributed by atoms with E-state index < -0.39 is 5.60 Å². The minimum atomic E-state index is -0.852. The van der Waals surface area contributed by atoms with Crippen molar-refractivity contribution in [3.63, 3.8) is 0 Å². The maximum absolute atomic E-state index is 12.2. The molecule has 120 valence electrons. The fourth-order valence-electron chi connectivity index (χ4n) is 3.76. The smallest absolute Gasteiger partial charge is 0.223 e. The standard InChI is InChI=1S/C16H28N2O3/c17-15(20)12-7-3-1-4-8-13(12)18-14(19)11-16(21)9-5-2-6-10-16/h12-13,21H,1-11H2,(H2,17,20)(H,18,19). The molecule has 2 rings (SSSR count). The minimum Gasteiger partial charge on any atom is -0.389 e. The lowest BCUT2D eigenvalue weighted by Crippen LogP contribution is -2.47. The van der Waals surface area contributed by atoms with Gasteiger partial charge in [-0.3, -0.25) is 9.59 Å². The number of nitrogens with one attached hydrogen (secondary N) is 1. The molecule has 4 N–H and O–H groups in total. The van der Waals surface area contributed by atoms with E-state index in [2.05, 4.69) is 5.32 Å². The minimum absolute atomic E-state index is 0.141. The molecule has 5 nitrogen and oxygen atoms in total. The summed E-state index contributed by atoms with van der Waals surface area (Å²) in [6.45, 7) is 0. The third-order valence-corrected chi connectivity index (χ3v) is 5.00. The second-order valence-corrected chi connectivity index (χ2v) is 6.78. The van der Waals surface area contributed by atoms with E-state index in [0.717, 1.165) is 51.4 Å². The molecule has 2 saturated carbocycles. The fourth-order valence-corrected chi connectivity index (χ4v) is 3.76. The Balaban J connectivity index is 1.91. The van der Waals surface area contributed by atoms with Gasteiger partial charge in [0, 0.05) is 6.04 Å². The van der Waals surface area contributed by atoms with Crippen LogP contribution >= 0.6 is 0 Å². The highest BCUT2D eigenvalue weighted by Gasteiger charge is 2.34. The van der Waals surface area contributed by atoms with Gasteiger partial charge in [-0.1, -0.05) is 38.5 Å². The predicted molar refractivity (Wildman–Crippen MR) is 80.4 cm³/mol. The van der Waals surface area contributed by atoms with Gasteiger partial charge in [0.15, 0.2) is 0 Å². The van der Waals surface area contributed by atoms with Gasteiger partial charge in [0.1, 0.15) is 0 Å². The van der Waals surface area contributed by atoms with Crippen molar-refractivity contribution < 1.29 is 14.7 Å². The van der Waals surface area contributed by atoms with Gasteiger partial charge >= 0.3 is 0 Å². The maximum atomic E-state index is 12.2. The summed E-state index contributed by atoms with van der Waals surface area (Å²) >= 11 is 0. The van der Waals surface area contributed by atoms with Crippen LogP contribution in [-0.4, -0.2) is 28.6 Å². The Bertz CT molecular complexity index is 378. The van der Waals surface area contributed by atoms with E-state index in [1.807, 2.05) is 0 Å². The molecule has 2 atom stereocenters. The summed E-state index contributed by atoms with van der Waals surface area (Å²) in [7, 11) is 0. The summed E-state index contributed by atoms with van der Waals surface area (Å²) in [5, 5.41) is 13.4. The Hall–Kier alpha value is -1.10. The van der Waals surface area contributed by atoms with Crippen LogP contribution in [0.2, 0.25) is 0 Å². The number of primary amides is 1. The van der Waals surface area contributed by atoms with Crippen LogP contribution in [0.25, 0.3) is 0 Å². The number of hydrogen-bond donors (Lipinski definition) is 3. The van der Waals surface area contributed by atoms with Crippen molar-refractivity contribution in [1.29, 1.82) is 0 Å². The first-order valence-corrected chi connectivity index (χ1v) is 8.31. The number of rotatable bonds is 4. The molecule has 0 spiro atoms. The van der Waals surface area contributed by atoms with Crippen LogP contribution in [0.4, 0.5) is 0 Å². The average molecular weight is 296 g/mol. The summed E-state index contributed by atoms with van der Waals surface area (Å²) in [5.41, 5.74) is 4.62.